The molecule has 0 aliphatic heterocycles. The summed E-state index contributed by atoms with van der Waals surface area (Å²) in [7, 11) is 0. The lowest BCUT2D eigenvalue weighted by Crippen LogP contribution is -1.87. The van der Waals surface area contributed by atoms with Gasteiger partial charge < -0.3 is 4.74 Å². The summed E-state index contributed by atoms with van der Waals surface area (Å²) in [5, 5.41) is 0. The molecule has 16 heavy (non-hydrogen) atoms. The van der Waals surface area contributed by atoms with E-state index in [1.54, 1.807) is 6.20 Å². The molecule has 0 amide bonds. The van der Waals surface area contributed by atoms with Crippen LogP contribution >= 0.6 is 11.8 Å². The minimum absolute atomic E-state index is 0.720. The van der Waals surface area contributed by atoms with Gasteiger partial charge in [0.15, 0.2) is 0 Å². The van der Waals surface area contributed by atoms with Crippen molar-refractivity contribution in [2.24, 2.45) is 0 Å². The second-order valence-electron chi connectivity index (χ2n) is 3.36. The molecular formula is C12H11ClN2O. The van der Waals surface area contributed by atoms with E-state index in [9.17, 15) is 0 Å². The molecule has 2 rings (SSSR count). The molecule has 0 fully saturated rings. The van der Waals surface area contributed by atoms with Crippen LogP contribution in [0.4, 0.5) is 5.69 Å². The van der Waals surface area contributed by atoms with Gasteiger partial charge in [-0.05, 0) is 43.3 Å². The number of aryl methyl sites for hydroxylation is 1. The molecule has 0 saturated carbocycles. The van der Waals surface area contributed by atoms with Crippen LogP contribution in [0.1, 0.15) is 5.69 Å². The maximum atomic E-state index is 5.60. The van der Waals surface area contributed by atoms with E-state index in [1.165, 1.54) is 0 Å². The molecule has 1 N–H and O–H groups in total. The number of hydrogen-bond acceptors (Lipinski definition) is 3. The summed E-state index contributed by atoms with van der Waals surface area (Å²) < 4.78 is 5.60. The summed E-state index contributed by atoms with van der Waals surface area (Å²) in [4.78, 5) is 6.68. The van der Waals surface area contributed by atoms with Gasteiger partial charge in [0.05, 0.1) is 6.20 Å². The Morgan fingerprint density at radius 3 is 2.31 bits per heavy atom. The van der Waals surface area contributed by atoms with Crippen LogP contribution in [0.15, 0.2) is 42.6 Å². The first-order valence-corrected chi connectivity index (χ1v) is 5.23. The van der Waals surface area contributed by atoms with Gasteiger partial charge in [0.2, 0.25) is 0 Å². The van der Waals surface area contributed by atoms with E-state index in [0.29, 0.717) is 0 Å². The molecule has 0 atom stereocenters. The largest absolute Gasteiger partial charge is 0.456 e. The maximum Gasteiger partial charge on any atom is 0.145 e. The third-order valence-corrected chi connectivity index (χ3v) is 2.30. The minimum atomic E-state index is 0.720. The van der Waals surface area contributed by atoms with Crippen molar-refractivity contribution >= 4 is 17.5 Å². The van der Waals surface area contributed by atoms with Crippen molar-refractivity contribution < 1.29 is 4.74 Å². The Morgan fingerprint density at radius 1 is 1.06 bits per heavy atom. The minimum Gasteiger partial charge on any atom is -0.456 e. The third kappa shape index (κ3) is 2.64. The predicted octanol–water partition coefficient (Wildman–Crippen LogP) is 3.75. The molecular weight excluding hydrogens is 224 g/mol. The topological polar surface area (TPSA) is 34.1 Å². The fourth-order valence-corrected chi connectivity index (χ4v) is 1.36. The van der Waals surface area contributed by atoms with E-state index >= 15 is 0 Å². The van der Waals surface area contributed by atoms with E-state index in [4.69, 9.17) is 16.5 Å². The van der Waals surface area contributed by atoms with Gasteiger partial charge in [-0.25, -0.2) is 0 Å². The standard InChI is InChI=1S/C12H11ClN2O/c1-9-2-5-12(8-14-9)16-11-6-3-10(15-13)4-7-11/h2-8,15H,1H3. The number of halogens is 1. The lowest BCUT2D eigenvalue weighted by atomic mass is 10.3. The molecule has 1 aromatic heterocycles. The molecule has 2 aromatic rings. The fourth-order valence-electron chi connectivity index (χ4n) is 1.24. The molecule has 0 spiro atoms. The van der Waals surface area contributed by atoms with Crippen LogP contribution in [0.25, 0.3) is 0 Å². The number of benzene rings is 1. The summed E-state index contributed by atoms with van der Waals surface area (Å²) >= 11 is 5.46. The molecule has 82 valence electrons. The lowest BCUT2D eigenvalue weighted by Gasteiger charge is -2.05. The van der Waals surface area contributed by atoms with Crippen molar-refractivity contribution in [1.82, 2.24) is 4.98 Å². The smallest absolute Gasteiger partial charge is 0.145 e. The molecule has 0 saturated heterocycles. The Labute approximate surface area is 99.2 Å². The molecule has 0 bridgehead atoms. The van der Waals surface area contributed by atoms with Gasteiger partial charge in [0.1, 0.15) is 11.5 Å². The molecule has 4 heteroatoms. The quantitative estimate of drug-likeness (QED) is 0.822. The second-order valence-corrected chi connectivity index (χ2v) is 3.55. The number of rotatable bonds is 3. The van der Waals surface area contributed by atoms with Crippen LogP contribution in [0.5, 0.6) is 11.5 Å². The molecule has 3 nitrogen and oxygen atoms in total. The van der Waals surface area contributed by atoms with Gasteiger partial charge in [-0.3, -0.25) is 9.82 Å². The van der Waals surface area contributed by atoms with Crippen LogP contribution in [-0.4, -0.2) is 4.98 Å². The van der Waals surface area contributed by atoms with Gasteiger partial charge in [-0.2, -0.15) is 0 Å². The Kier molecular flexibility index (Phi) is 3.27. The normalized spacial score (nSPS) is 9.88. The lowest BCUT2D eigenvalue weighted by molar-refractivity contribution is 0.480. The van der Waals surface area contributed by atoms with E-state index in [1.807, 2.05) is 43.3 Å². The molecule has 0 unspecified atom stereocenters. The van der Waals surface area contributed by atoms with Crippen molar-refractivity contribution in [3.63, 3.8) is 0 Å². The maximum absolute atomic E-state index is 5.60. The number of pyridine rings is 1. The Morgan fingerprint density at radius 2 is 1.75 bits per heavy atom. The van der Waals surface area contributed by atoms with Gasteiger partial charge >= 0.3 is 0 Å². The zero-order chi connectivity index (χ0) is 11.4. The molecule has 0 radical (unpaired) electrons. The highest BCUT2D eigenvalue weighted by Gasteiger charge is 1.97. The van der Waals surface area contributed by atoms with Crippen LogP contribution in [0.2, 0.25) is 0 Å². The number of nitrogens with zero attached hydrogens (tertiary/aromatic N) is 1. The average Bonchev–Trinajstić information content (AvgIpc) is 2.33. The number of anilines is 1. The highest BCUT2D eigenvalue weighted by atomic mass is 35.5. The van der Waals surface area contributed by atoms with Crippen molar-refractivity contribution in [2.75, 3.05) is 4.84 Å². The van der Waals surface area contributed by atoms with E-state index in [-0.39, 0.29) is 0 Å². The van der Waals surface area contributed by atoms with E-state index in [0.717, 1.165) is 22.9 Å². The highest BCUT2D eigenvalue weighted by molar-refractivity contribution is 6.23. The van der Waals surface area contributed by atoms with Gasteiger partial charge in [-0.15, -0.1) is 0 Å². The van der Waals surface area contributed by atoms with Crippen LogP contribution in [-0.2, 0) is 0 Å². The van der Waals surface area contributed by atoms with Crippen molar-refractivity contribution in [3.05, 3.63) is 48.3 Å². The Balaban J connectivity index is 2.11. The number of aromatic nitrogens is 1. The Hall–Kier alpha value is -1.74. The highest BCUT2D eigenvalue weighted by Crippen LogP contribution is 2.22. The molecule has 0 aliphatic carbocycles. The zero-order valence-electron chi connectivity index (χ0n) is 8.77. The van der Waals surface area contributed by atoms with Crippen LogP contribution in [0, 0.1) is 6.92 Å². The van der Waals surface area contributed by atoms with Crippen LogP contribution < -0.4 is 9.57 Å². The molecule has 1 heterocycles. The summed E-state index contributed by atoms with van der Waals surface area (Å²) in [6.45, 7) is 1.94. The second kappa shape index (κ2) is 4.86. The zero-order valence-corrected chi connectivity index (χ0v) is 9.53. The summed E-state index contributed by atoms with van der Waals surface area (Å²) in [5.41, 5.74) is 1.80. The monoisotopic (exact) mass is 234 g/mol. The third-order valence-electron chi connectivity index (χ3n) is 2.08. The van der Waals surface area contributed by atoms with Gasteiger partial charge in [-0.1, -0.05) is 0 Å². The first-order valence-electron chi connectivity index (χ1n) is 4.85. The fraction of sp³-hybridized carbons (Fsp3) is 0.0833. The number of ether oxygens (including phenoxy) is 1. The SMILES string of the molecule is Cc1ccc(Oc2ccc(NCl)cc2)cn1. The average molecular weight is 235 g/mol. The van der Waals surface area contributed by atoms with Gasteiger partial charge in [0, 0.05) is 23.2 Å². The predicted molar refractivity (Wildman–Crippen MR) is 65.0 cm³/mol. The van der Waals surface area contributed by atoms with E-state index < -0.39 is 0 Å². The summed E-state index contributed by atoms with van der Waals surface area (Å²) in [6, 6.07) is 11.1. The van der Waals surface area contributed by atoms with Crippen molar-refractivity contribution in [1.29, 1.82) is 0 Å². The Bertz CT molecular complexity index is 453. The summed E-state index contributed by atoms with van der Waals surface area (Å²) in [5.74, 6) is 1.47. The first kappa shape index (κ1) is 10.8. The van der Waals surface area contributed by atoms with Crippen molar-refractivity contribution in [3.8, 4) is 11.5 Å². The van der Waals surface area contributed by atoms with E-state index in [2.05, 4.69) is 9.82 Å². The van der Waals surface area contributed by atoms with Crippen LogP contribution in [0.3, 0.4) is 0 Å². The summed E-state index contributed by atoms with van der Waals surface area (Å²) in [6.07, 6.45) is 1.70. The first-order chi connectivity index (χ1) is 7.78. The molecule has 0 aliphatic rings. The molecule has 1 aromatic carbocycles. The van der Waals surface area contributed by atoms with Crippen molar-refractivity contribution in [2.45, 2.75) is 6.92 Å². The number of hydrogen-bond donors (Lipinski definition) is 1. The van der Waals surface area contributed by atoms with Gasteiger partial charge in [0.25, 0.3) is 0 Å². The number of nitrogens with one attached hydrogen (secondary N) is 1.